The molecule has 21 heavy (non-hydrogen) atoms. The zero-order chi connectivity index (χ0) is 15.4. The lowest BCUT2D eigenvalue weighted by molar-refractivity contribution is -0.117. The van der Waals surface area contributed by atoms with Crippen molar-refractivity contribution in [2.24, 2.45) is 0 Å². The van der Waals surface area contributed by atoms with E-state index in [-0.39, 0.29) is 5.91 Å². The summed E-state index contributed by atoms with van der Waals surface area (Å²) in [6, 6.07) is 9.55. The summed E-state index contributed by atoms with van der Waals surface area (Å²) in [5, 5.41) is 3.52. The van der Waals surface area contributed by atoms with Crippen molar-refractivity contribution in [1.82, 2.24) is 4.90 Å². The molecular weight excluding hydrogens is 372 g/mol. The Morgan fingerprint density at radius 3 is 2.81 bits per heavy atom. The van der Waals surface area contributed by atoms with Gasteiger partial charge in [0.05, 0.1) is 10.3 Å². The molecule has 3 nitrogen and oxygen atoms in total. The first-order valence-electron chi connectivity index (χ1n) is 6.43. The van der Waals surface area contributed by atoms with Gasteiger partial charge in [-0.25, -0.2) is 0 Å². The fourth-order valence-corrected chi connectivity index (χ4v) is 3.66. The van der Waals surface area contributed by atoms with E-state index in [1.165, 1.54) is 4.88 Å². The van der Waals surface area contributed by atoms with E-state index in [1.807, 2.05) is 37.1 Å². The Kier molecular flexibility index (Phi) is 5.81. The average molecular weight is 388 g/mol. The third kappa shape index (κ3) is 5.11. The number of hydrogen-bond donors (Lipinski definition) is 1. The number of halogens is 2. The van der Waals surface area contributed by atoms with Crippen LogP contribution >= 0.6 is 38.9 Å². The van der Waals surface area contributed by atoms with Crippen LogP contribution in [-0.2, 0) is 11.3 Å². The number of hydrogen-bond acceptors (Lipinski definition) is 3. The van der Waals surface area contributed by atoms with Crippen molar-refractivity contribution in [1.29, 1.82) is 0 Å². The maximum Gasteiger partial charge on any atom is 0.238 e. The van der Waals surface area contributed by atoms with Crippen molar-refractivity contribution in [2.45, 2.75) is 13.5 Å². The minimum Gasteiger partial charge on any atom is -0.325 e. The third-order valence-electron chi connectivity index (χ3n) is 2.94. The Bertz CT molecular complexity index is 644. The quantitative estimate of drug-likeness (QED) is 0.816. The number of benzene rings is 1. The molecule has 0 aliphatic heterocycles. The van der Waals surface area contributed by atoms with E-state index < -0.39 is 0 Å². The molecule has 0 saturated carbocycles. The van der Waals surface area contributed by atoms with Crippen LogP contribution in [0, 0.1) is 6.92 Å². The molecule has 1 amide bonds. The van der Waals surface area contributed by atoms with Gasteiger partial charge in [-0.15, -0.1) is 11.3 Å². The second-order valence-electron chi connectivity index (χ2n) is 4.89. The lowest BCUT2D eigenvalue weighted by atomic mass is 10.2. The number of rotatable bonds is 5. The van der Waals surface area contributed by atoms with Crippen LogP contribution in [0.25, 0.3) is 0 Å². The second kappa shape index (κ2) is 7.40. The normalized spacial score (nSPS) is 10.9. The molecule has 0 radical (unpaired) electrons. The van der Waals surface area contributed by atoms with E-state index in [0.29, 0.717) is 11.6 Å². The molecule has 1 N–H and O–H groups in total. The summed E-state index contributed by atoms with van der Waals surface area (Å²) in [7, 11) is 1.93. The molecule has 1 aromatic heterocycles. The van der Waals surface area contributed by atoms with Gasteiger partial charge in [0, 0.05) is 22.1 Å². The maximum atomic E-state index is 12.1. The smallest absolute Gasteiger partial charge is 0.238 e. The van der Waals surface area contributed by atoms with E-state index in [0.717, 1.165) is 21.6 Å². The molecule has 0 saturated heterocycles. The number of carbonyl (C=O) groups is 1. The standard InChI is InChI=1S/C15H16BrClN2OS/c1-10-3-4-11(17)7-13(10)18-15(20)9-19(2)8-12-5-6-14(16)21-12/h3-7H,8-9H2,1-2H3,(H,18,20). The van der Waals surface area contributed by atoms with E-state index in [4.69, 9.17) is 11.6 Å². The largest absolute Gasteiger partial charge is 0.325 e. The van der Waals surface area contributed by atoms with Gasteiger partial charge in [0.1, 0.15) is 0 Å². The van der Waals surface area contributed by atoms with Gasteiger partial charge in [-0.2, -0.15) is 0 Å². The Hall–Kier alpha value is -0.880. The molecule has 2 aromatic rings. The van der Waals surface area contributed by atoms with Gasteiger partial charge in [-0.05, 0) is 59.7 Å². The Labute approximate surface area is 142 Å². The van der Waals surface area contributed by atoms with E-state index in [2.05, 4.69) is 27.3 Å². The van der Waals surface area contributed by atoms with Crippen LogP contribution in [-0.4, -0.2) is 24.4 Å². The molecular formula is C15H16BrClN2OS. The fourth-order valence-electron chi connectivity index (χ4n) is 1.92. The molecule has 6 heteroatoms. The summed E-state index contributed by atoms with van der Waals surface area (Å²) in [6.07, 6.45) is 0. The topological polar surface area (TPSA) is 32.3 Å². The molecule has 0 aliphatic rings. The molecule has 2 rings (SSSR count). The number of anilines is 1. The molecule has 0 atom stereocenters. The minimum absolute atomic E-state index is 0.0431. The Morgan fingerprint density at radius 1 is 1.38 bits per heavy atom. The van der Waals surface area contributed by atoms with Crippen molar-refractivity contribution in [3.63, 3.8) is 0 Å². The van der Waals surface area contributed by atoms with Crippen LogP contribution in [0.2, 0.25) is 5.02 Å². The maximum absolute atomic E-state index is 12.1. The van der Waals surface area contributed by atoms with Gasteiger partial charge < -0.3 is 5.32 Å². The predicted octanol–water partition coefficient (Wildman–Crippen LogP) is 4.54. The summed E-state index contributed by atoms with van der Waals surface area (Å²) in [4.78, 5) is 15.3. The average Bonchev–Trinajstić information content (AvgIpc) is 2.79. The molecule has 0 fully saturated rings. The first kappa shape index (κ1) is 16.5. The number of nitrogens with zero attached hydrogens (tertiary/aromatic N) is 1. The summed E-state index contributed by atoms with van der Waals surface area (Å²) in [5.74, 6) is -0.0431. The summed E-state index contributed by atoms with van der Waals surface area (Å²) in [5.41, 5.74) is 1.76. The van der Waals surface area contributed by atoms with E-state index in [1.54, 1.807) is 17.4 Å². The first-order chi connectivity index (χ1) is 9.94. The van der Waals surface area contributed by atoms with E-state index in [9.17, 15) is 4.79 Å². The highest BCUT2D eigenvalue weighted by atomic mass is 79.9. The van der Waals surface area contributed by atoms with Crippen LogP contribution in [0.4, 0.5) is 5.69 Å². The first-order valence-corrected chi connectivity index (χ1v) is 8.41. The van der Waals surface area contributed by atoms with Crippen LogP contribution in [0.5, 0.6) is 0 Å². The van der Waals surface area contributed by atoms with Gasteiger partial charge in [-0.3, -0.25) is 9.69 Å². The van der Waals surface area contributed by atoms with Gasteiger partial charge in [0.25, 0.3) is 0 Å². The number of likely N-dealkylation sites (N-methyl/N-ethyl adjacent to an activating group) is 1. The molecule has 1 heterocycles. The summed E-state index contributed by atoms with van der Waals surface area (Å²) < 4.78 is 1.10. The van der Waals surface area contributed by atoms with Crippen molar-refractivity contribution >= 4 is 50.5 Å². The zero-order valence-corrected chi connectivity index (χ0v) is 15.0. The SMILES string of the molecule is Cc1ccc(Cl)cc1NC(=O)CN(C)Cc1ccc(Br)s1. The third-order valence-corrected chi connectivity index (χ3v) is 4.79. The molecule has 0 spiro atoms. The summed E-state index contributed by atoms with van der Waals surface area (Å²) in [6.45, 7) is 3.03. The summed E-state index contributed by atoms with van der Waals surface area (Å²) >= 11 is 11.1. The van der Waals surface area contributed by atoms with Gasteiger partial charge in [0.15, 0.2) is 0 Å². The van der Waals surface area contributed by atoms with Gasteiger partial charge in [0.2, 0.25) is 5.91 Å². The predicted molar refractivity (Wildman–Crippen MR) is 93.2 cm³/mol. The number of amides is 1. The van der Waals surface area contributed by atoms with Crippen molar-refractivity contribution in [2.75, 3.05) is 18.9 Å². The number of carbonyl (C=O) groups excluding carboxylic acids is 1. The van der Waals surface area contributed by atoms with Gasteiger partial charge in [-0.1, -0.05) is 17.7 Å². The fraction of sp³-hybridized carbons (Fsp3) is 0.267. The number of thiophene rings is 1. The number of nitrogens with one attached hydrogen (secondary N) is 1. The number of aryl methyl sites for hydroxylation is 1. The van der Waals surface area contributed by atoms with Crippen LogP contribution in [0.15, 0.2) is 34.1 Å². The molecule has 0 aliphatic carbocycles. The van der Waals surface area contributed by atoms with E-state index >= 15 is 0 Å². The van der Waals surface area contributed by atoms with Crippen molar-refractivity contribution in [3.8, 4) is 0 Å². The molecule has 1 aromatic carbocycles. The van der Waals surface area contributed by atoms with Crippen LogP contribution in [0.1, 0.15) is 10.4 Å². The molecule has 0 unspecified atom stereocenters. The van der Waals surface area contributed by atoms with Crippen molar-refractivity contribution in [3.05, 3.63) is 49.6 Å². The Morgan fingerprint density at radius 2 is 2.14 bits per heavy atom. The second-order valence-corrected chi connectivity index (χ2v) is 7.87. The van der Waals surface area contributed by atoms with Crippen LogP contribution in [0.3, 0.4) is 0 Å². The zero-order valence-electron chi connectivity index (χ0n) is 11.8. The van der Waals surface area contributed by atoms with Gasteiger partial charge >= 0.3 is 0 Å². The highest BCUT2D eigenvalue weighted by molar-refractivity contribution is 9.11. The monoisotopic (exact) mass is 386 g/mol. The Balaban J connectivity index is 1.90. The molecule has 112 valence electrons. The minimum atomic E-state index is -0.0431. The van der Waals surface area contributed by atoms with Crippen LogP contribution < -0.4 is 5.32 Å². The highest BCUT2D eigenvalue weighted by Crippen LogP contribution is 2.23. The lowest BCUT2D eigenvalue weighted by Gasteiger charge is -2.16. The highest BCUT2D eigenvalue weighted by Gasteiger charge is 2.10. The van der Waals surface area contributed by atoms with Crippen molar-refractivity contribution < 1.29 is 4.79 Å². The molecule has 0 bridgehead atoms. The lowest BCUT2D eigenvalue weighted by Crippen LogP contribution is -2.29.